The molecule has 0 bridgehead atoms. The number of hydrogen-bond acceptors (Lipinski definition) is 1. The van der Waals surface area contributed by atoms with Gasteiger partial charge in [0.05, 0.1) is 0 Å². The van der Waals surface area contributed by atoms with Crippen LogP contribution in [0.25, 0.3) is 0 Å². The fraction of sp³-hybridized carbons (Fsp3) is 0.143. The maximum atomic E-state index is 3.80. The van der Waals surface area contributed by atoms with Gasteiger partial charge in [-0.15, -0.1) is 0 Å². The standard InChI is InChI=1S/C7H8S/c1-5-4-6(2)8-7(5)3/h1-4H2. The van der Waals surface area contributed by atoms with Crippen molar-refractivity contribution in [2.75, 3.05) is 0 Å². The van der Waals surface area contributed by atoms with E-state index in [1.54, 1.807) is 11.8 Å². The number of rotatable bonds is 0. The first-order chi connectivity index (χ1) is 3.70. The molecule has 0 spiro atoms. The summed E-state index contributed by atoms with van der Waals surface area (Å²) in [4.78, 5) is 2.25. The Morgan fingerprint density at radius 1 is 1.25 bits per heavy atom. The third kappa shape index (κ3) is 0.869. The maximum Gasteiger partial charge on any atom is 0.00763 e. The quantitative estimate of drug-likeness (QED) is 0.478. The van der Waals surface area contributed by atoms with E-state index in [0.717, 1.165) is 16.9 Å². The fourth-order valence-electron chi connectivity index (χ4n) is 0.619. The van der Waals surface area contributed by atoms with Crippen molar-refractivity contribution in [1.29, 1.82) is 0 Å². The maximum absolute atomic E-state index is 3.80. The van der Waals surface area contributed by atoms with E-state index in [9.17, 15) is 0 Å². The molecule has 0 radical (unpaired) electrons. The monoisotopic (exact) mass is 124 g/mol. The van der Waals surface area contributed by atoms with Crippen LogP contribution in [0, 0.1) is 0 Å². The minimum absolute atomic E-state index is 0.934. The van der Waals surface area contributed by atoms with Gasteiger partial charge < -0.3 is 0 Å². The molecule has 1 rings (SSSR count). The highest BCUT2D eigenvalue weighted by atomic mass is 32.2. The predicted molar refractivity (Wildman–Crippen MR) is 39.6 cm³/mol. The summed E-state index contributed by atoms with van der Waals surface area (Å²) < 4.78 is 0. The first-order valence-corrected chi connectivity index (χ1v) is 3.24. The summed E-state index contributed by atoms with van der Waals surface area (Å²) in [5.74, 6) is 0. The van der Waals surface area contributed by atoms with Crippen molar-refractivity contribution in [2.24, 2.45) is 0 Å². The van der Waals surface area contributed by atoms with Crippen LogP contribution in [0.1, 0.15) is 6.42 Å². The smallest absolute Gasteiger partial charge is 0.00763 e. The minimum Gasteiger partial charge on any atom is -0.0952 e. The molecule has 0 aromatic carbocycles. The third-order valence-electron chi connectivity index (χ3n) is 1.07. The summed E-state index contributed by atoms with van der Waals surface area (Å²) in [5.41, 5.74) is 1.12. The van der Waals surface area contributed by atoms with E-state index in [4.69, 9.17) is 0 Å². The molecule has 0 aromatic rings. The average Bonchev–Trinajstić information content (AvgIpc) is 1.85. The molecule has 1 fully saturated rings. The zero-order valence-electron chi connectivity index (χ0n) is 4.74. The minimum atomic E-state index is 0.934. The molecule has 42 valence electrons. The molecule has 0 unspecified atom stereocenters. The summed E-state index contributed by atoms with van der Waals surface area (Å²) in [6.45, 7) is 11.4. The molecule has 0 saturated carbocycles. The van der Waals surface area contributed by atoms with Gasteiger partial charge >= 0.3 is 0 Å². The topological polar surface area (TPSA) is 0 Å². The lowest BCUT2D eigenvalue weighted by atomic mass is 10.2. The Hall–Kier alpha value is -0.430. The van der Waals surface area contributed by atoms with Gasteiger partial charge in [-0.05, 0) is 10.5 Å². The van der Waals surface area contributed by atoms with E-state index < -0.39 is 0 Å². The lowest BCUT2D eigenvalue weighted by Crippen LogP contribution is -1.65. The van der Waals surface area contributed by atoms with Crippen molar-refractivity contribution >= 4 is 11.8 Å². The van der Waals surface area contributed by atoms with Crippen LogP contribution in [0.15, 0.2) is 35.1 Å². The highest BCUT2D eigenvalue weighted by molar-refractivity contribution is 8.07. The Morgan fingerprint density at radius 3 is 2.00 bits per heavy atom. The van der Waals surface area contributed by atoms with E-state index in [0.29, 0.717) is 0 Å². The average molecular weight is 124 g/mol. The molecular formula is C7H8S. The van der Waals surface area contributed by atoms with Crippen molar-refractivity contribution in [1.82, 2.24) is 0 Å². The number of allylic oxidation sites excluding steroid dienone is 2. The lowest BCUT2D eigenvalue weighted by molar-refractivity contribution is 1.31. The second-order valence-electron chi connectivity index (χ2n) is 1.84. The van der Waals surface area contributed by atoms with Crippen molar-refractivity contribution in [2.45, 2.75) is 6.42 Å². The number of hydrogen-bond donors (Lipinski definition) is 0. The third-order valence-corrected chi connectivity index (χ3v) is 2.04. The van der Waals surface area contributed by atoms with E-state index >= 15 is 0 Å². The normalized spacial score (nSPS) is 20.2. The Balaban J connectivity index is 2.79. The van der Waals surface area contributed by atoms with E-state index in [1.807, 2.05) is 0 Å². The van der Waals surface area contributed by atoms with Gasteiger partial charge in [0, 0.05) is 11.3 Å². The van der Waals surface area contributed by atoms with E-state index in [1.165, 1.54) is 4.91 Å². The summed E-state index contributed by atoms with van der Waals surface area (Å²) in [7, 11) is 0. The first-order valence-electron chi connectivity index (χ1n) is 2.43. The molecule has 0 aromatic heterocycles. The summed E-state index contributed by atoms with van der Waals surface area (Å²) >= 11 is 1.64. The number of thioether (sulfide) groups is 1. The van der Waals surface area contributed by atoms with E-state index in [-0.39, 0.29) is 0 Å². The molecule has 0 amide bonds. The highest BCUT2D eigenvalue weighted by Gasteiger charge is 2.12. The molecule has 1 heterocycles. The first kappa shape index (κ1) is 5.70. The zero-order valence-corrected chi connectivity index (χ0v) is 5.55. The highest BCUT2D eigenvalue weighted by Crippen LogP contribution is 2.40. The van der Waals surface area contributed by atoms with Gasteiger partial charge in [-0.1, -0.05) is 31.5 Å². The Bertz CT molecular complexity index is 147. The van der Waals surface area contributed by atoms with Crippen LogP contribution < -0.4 is 0 Å². The van der Waals surface area contributed by atoms with Gasteiger partial charge in [-0.25, -0.2) is 0 Å². The second-order valence-corrected chi connectivity index (χ2v) is 3.12. The van der Waals surface area contributed by atoms with Crippen LogP contribution in [0.3, 0.4) is 0 Å². The summed E-state index contributed by atoms with van der Waals surface area (Å²) in [6, 6.07) is 0. The summed E-state index contributed by atoms with van der Waals surface area (Å²) in [6.07, 6.45) is 0.934. The molecule has 1 heteroatoms. The van der Waals surface area contributed by atoms with Crippen LogP contribution >= 0.6 is 11.8 Å². The van der Waals surface area contributed by atoms with Crippen LogP contribution in [-0.4, -0.2) is 0 Å². The molecule has 1 saturated heterocycles. The van der Waals surface area contributed by atoms with Crippen LogP contribution in [0.2, 0.25) is 0 Å². The van der Waals surface area contributed by atoms with Crippen molar-refractivity contribution < 1.29 is 0 Å². The molecule has 1 aliphatic rings. The van der Waals surface area contributed by atoms with Crippen LogP contribution in [-0.2, 0) is 0 Å². The molecule has 0 N–H and O–H groups in total. The molecule has 1 aliphatic heterocycles. The van der Waals surface area contributed by atoms with Crippen molar-refractivity contribution in [3.63, 3.8) is 0 Å². The van der Waals surface area contributed by atoms with Gasteiger partial charge in [0.25, 0.3) is 0 Å². The van der Waals surface area contributed by atoms with Crippen molar-refractivity contribution in [3.05, 3.63) is 35.1 Å². The van der Waals surface area contributed by atoms with Gasteiger partial charge in [0.2, 0.25) is 0 Å². The Morgan fingerprint density at radius 2 is 1.88 bits per heavy atom. The van der Waals surface area contributed by atoms with E-state index in [2.05, 4.69) is 19.7 Å². The van der Waals surface area contributed by atoms with Crippen molar-refractivity contribution in [3.8, 4) is 0 Å². The van der Waals surface area contributed by atoms with Gasteiger partial charge in [0.1, 0.15) is 0 Å². The van der Waals surface area contributed by atoms with Crippen LogP contribution in [0.4, 0.5) is 0 Å². The summed E-state index contributed by atoms with van der Waals surface area (Å²) in [5, 5.41) is 0. The van der Waals surface area contributed by atoms with Crippen LogP contribution in [0.5, 0.6) is 0 Å². The second kappa shape index (κ2) is 1.82. The zero-order chi connectivity index (χ0) is 6.15. The molecule has 0 aliphatic carbocycles. The predicted octanol–water partition coefficient (Wildman–Crippen LogP) is 2.71. The fourth-order valence-corrected chi connectivity index (χ4v) is 1.43. The molecule has 8 heavy (non-hydrogen) atoms. The lowest BCUT2D eigenvalue weighted by Gasteiger charge is -1.85. The Kier molecular flexibility index (Phi) is 1.30. The van der Waals surface area contributed by atoms with Gasteiger partial charge in [0.15, 0.2) is 0 Å². The molecule has 0 nitrogen and oxygen atoms in total. The SMILES string of the molecule is C=C1CC(=C)C(=C)S1. The molecule has 0 atom stereocenters. The molecular weight excluding hydrogens is 116 g/mol. The van der Waals surface area contributed by atoms with Gasteiger partial charge in [-0.2, -0.15) is 0 Å². The van der Waals surface area contributed by atoms with Gasteiger partial charge in [-0.3, -0.25) is 0 Å². The Labute approximate surface area is 54.0 Å². The largest absolute Gasteiger partial charge is 0.0952 e.